The van der Waals surface area contributed by atoms with Gasteiger partial charge in [-0.05, 0) is 30.3 Å². The molecule has 0 saturated heterocycles. The Morgan fingerprint density at radius 2 is 1.85 bits per heavy atom. The first-order chi connectivity index (χ1) is 9.69. The molecule has 20 heavy (non-hydrogen) atoms. The van der Waals surface area contributed by atoms with Gasteiger partial charge in [0.25, 0.3) is 5.56 Å². The number of ether oxygens (including phenoxy) is 1. The smallest absolute Gasteiger partial charge is 0.256 e. The molecular formula is C16H12FNO2. The van der Waals surface area contributed by atoms with Crippen LogP contribution in [-0.2, 0) is 0 Å². The third-order valence-corrected chi connectivity index (χ3v) is 3.20. The first-order valence-electron chi connectivity index (χ1n) is 6.15. The topological polar surface area (TPSA) is 42.1 Å². The fourth-order valence-corrected chi connectivity index (χ4v) is 2.24. The molecule has 0 unspecified atom stereocenters. The van der Waals surface area contributed by atoms with Gasteiger partial charge < -0.3 is 9.72 Å². The standard InChI is InChI=1S/C16H12FNO2/c1-20-15-5-3-2-4-12(15)13-9-10-8-11(17)6-7-14(10)18-16(13)19/h2-9H,1H3,(H,18,19). The second-order valence-electron chi connectivity index (χ2n) is 4.44. The Kier molecular flexibility index (Phi) is 2.99. The summed E-state index contributed by atoms with van der Waals surface area (Å²) in [7, 11) is 1.55. The summed E-state index contributed by atoms with van der Waals surface area (Å²) in [6.07, 6.45) is 0. The fraction of sp³-hybridized carbons (Fsp3) is 0.0625. The third kappa shape index (κ3) is 2.05. The van der Waals surface area contributed by atoms with Crippen LogP contribution in [0.25, 0.3) is 22.0 Å². The average Bonchev–Trinajstić information content (AvgIpc) is 2.47. The van der Waals surface area contributed by atoms with Crippen molar-refractivity contribution in [2.75, 3.05) is 7.11 Å². The molecule has 0 saturated carbocycles. The lowest BCUT2D eigenvalue weighted by atomic mass is 10.0. The van der Waals surface area contributed by atoms with E-state index in [0.29, 0.717) is 27.8 Å². The lowest BCUT2D eigenvalue weighted by Crippen LogP contribution is -2.09. The van der Waals surface area contributed by atoms with E-state index in [-0.39, 0.29) is 11.4 Å². The Morgan fingerprint density at radius 1 is 1.05 bits per heavy atom. The van der Waals surface area contributed by atoms with Crippen molar-refractivity contribution in [3.8, 4) is 16.9 Å². The van der Waals surface area contributed by atoms with Crippen molar-refractivity contribution < 1.29 is 9.13 Å². The Balaban J connectivity index is 2.30. The maximum absolute atomic E-state index is 13.3. The van der Waals surface area contributed by atoms with Gasteiger partial charge in [0.15, 0.2) is 0 Å². The number of hydrogen-bond donors (Lipinski definition) is 1. The van der Waals surface area contributed by atoms with Gasteiger partial charge in [0, 0.05) is 16.5 Å². The molecule has 3 aromatic rings. The highest BCUT2D eigenvalue weighted by Gasteiger charge is 2.10. The lowest BCUT2D eigenvalue weighted by Gasteiger charge is -2.08. The van der Waals surface area contributed by atoms with E-state index in [2.05, 4.69) is 4.98 Å². The molecule has 1 heterocycles. The quantitative estimate of drug-likeness (QED) is 0.775. The van der Waals surface area contributed by atoms with Gasteiger partial charge in [0.05, 0.1) is 12.7 Å². The summed E-state index contributed by atoms with van der Waals surface area (Å²) >= 11 is 0. The number of halogens is 1. The zero-order chi connectivity index (χ0) is 14.1. The minimum absolute atomic E-state index is 0.228. The van der Waals surface area contributed by atoms with Gasteiger partial charge in [0.1, 0.15) is 11.6 Å². The highest BCUT2D eigenvalue weighted by molar-refractivity contribution is 5.84. The number of benzene rings is 2. The van der Waals surface area contributed by atoms with Gasteiger partial charge in [-0.3, -0.25) is 4.79 Å². The monoisotopic (exact) mass is 269 g/mol. The average molecular weight is 269 g/mol. The zero-order valence-electron chi connectivity index (χ0n) is 10.8. The van der Waals surface area contributed by atoms with E-state index < -0.39 is 0 Å². The maximum atomic E-state index is 13.3. The van der Waals surface area contributed by atoms with Crippen molar-refractivity contribution in [2.45, 2.75) is 0 Å². The molecule has 3 rings (SSSR count). The van der Waals surface area contributed by atoms with Crippen LogP contribution in [0.15, 0.2) is 53.3 Å². The van der Waals surface area contributed by atoms with Crippen LogP contribution in [-0.4, -0.2) is 12.1 Å². The van der Waals surface area contributed by atoms with Crippen molar-refractivity contribution in [1.82, 2.24) is 4.98 Å². The van der Waals surface area contributed by atoms with Crippen LogP contribution in [0.3, 0.4) is 0 Å². The first kappa shape index (κ1) is 12.4. The minimum atomic E-state index is -0.337. The van der Waals surface area contributed by atoms with Crippen molar-refractivity contribution in [3.05, 3.63) is 64.7 Å². The molecule has 0 bridgehead atoms. The lowest BCUT2D eigenvalue weighted by molar-refractivity contribution is 0.416. The van der Waals surface area contributed by atoms with E-state index >= 15 is 0 Å². The minimum Gasteiger partial charge on any atom is -0.496 e. The number of H-pyrrole nitrogens is 1. The molecule has 1 aromatic heterocycles. The van der Waals surface area contributed by atoms with Crippen LogP contribution in [0.5, 0.6) is 5.75 Å². The Morgan fingerprint density at radius 3 is 2.65 bits per heavy atom. The first-order valence-corrected chi connectivity index (χ1v) is 6.15. The predicted octanol–water partition coefficient (Wildman–Crippen LogP) is 3.34. The molecule has 0 fully saturated rings. The number of para-hydroxylation sites is 1. The molecule has 0 aliphatic heterocycles. The van der Waals surface area contributed by atoms with Gasteiger partial charge >= 0.3 is 0 Å². The molecule has 0 radical (unpaired) electrons. The predicted molar refractivity (Wildman–Crippen MR) is 76.5 cm³/mol. The third-order valence-electron chi connectivity index (χ3n) is 3.20. The summed E-state index contributed by atoms with van der Waals surface area (Å²) < 4.78 is 18.6. The van der Waals surface area contributed by atoms with E-state index in [0.717, 1.165) is 0 Å². The Labute approximate surface area is 114 Å². The second-order valence-corrected chi connectivity index (χ2v) is 4.44. The van der Waals surface area contributed by atoms with Crippen LogP contribution in [0.2, 0.25) is 0 Å². The van der Waals surface area contributed by atoms with Crippen molar-refractivity contribution >= 4 is 10.9 Å². The number of hydrogen-bond acceptors (Lipinski definition) is 2. The molecule has 3 nitrogen and oxygen atoms in total. The number of nitrogens with one attached hydrogen (secondary N) is 1. The Hall–Kier alpha value is -2.62. The van der Waals surface area contributed by atoms with Crippen LogP contribution < -0.4 is 10.3 Å². The molecule has 0 aliphatic rings. The van der Waals surface area contributed by atoms with Crippen LogP contribution >= 0.6 is 0 Å². The van der Waals surface area contributed by atoms with Gasteiger partial charge in [-0.1, -0.05) is 18.2 Å². The summed E-state index contributed by atoms with van der Waals surface area (Å²) in [5, 5.41) is 0.644. The summed E-state index contributed by atoms with van der Waals surface area (Å²) in [4.78, 5) is 14.9. The number of aromatic nitrogens is 1. The fourth-order valence-electron chi connectivity index (χ4n) is 2.24. The van der Waals surface area contributed by atoms with Crippen molar-refractivity contribution in [1.29, 1.82) is 0 Å². The van der Waals surface area contributed by atoms with Crippen molar-refractivity contribution in [3.63, 3.8) is 0 Å². The highest BCUT2D eigenvalue weighted by Crippen LogP contribution is 2.28. The maximum Gasteiger partial charge on any atom is 0.256 e. The van der Waals surface area contributed by atoms with Gasteiger partial charge in [0.2, 0.25) is 0 Å². The molecule has 1 N–H and O–H groups in total. The summed E-state index contributed by atoms with van der Waals surface area (Å²) in [5.41, 5.74) is 1.52. The van der Waals surface area contributed by atoms with E-state index in [1.54, 1.807) is 31.4 Å². The largest absolute Gasteiger partial charge is 0.496 e. The second kappa shape index (κ2) is 4.81. The highest BCUT2D eigenvalue weighted by atomic mass is 19.1. The van der Waals surface area contributed by atoms with Crippen LogP contribution in [0.4, 0.5) is 4.39 Å². The number of aromatic amines is 1. The summed E-state index contributed by atoms with van der Waals surface area (Å²) in [6.45, 7) is 0. The van der Waals surface area contributed by atoms with Crippen molar-refractivity contribution in [2.24, 2.45) is 0 Å². The SMILES string of the molecule is COc1ccccc1-c1cc2cc(F)ccc2[nH]c1=O. The van der Waals surface area contributed by atoms with Gasteiger partial charge in [-0.15, -0.1) is 0 Å². The van der Waals surface area contributed by atoms with Crippen LogP contribution in [0.1, 0.15) is 0 Å². The number of pyridine rings is 1. The number of methoxy groups -OCH3 is 1. The van der Waals surface area contributed by atoms with E-state index in [1.807, 2.05) is 12.1 Å². The molecule has 2 aromatic carbocycles. The molecule has 0 amide bonds. The number of fused-ring (bicyclic) bond motifs is 1. The van der Waals surface area contributed by atoms with E-state index in [1.165, 1.54) is 12.1 Å². The molecule has 0 aliphatic carbocycles. The van der Waals surface area contributed by atoms with Gasteiger partial charge in [-0.25, -0.2) is 4.39 Å². The molecule has 0 spiro atoms. The van der Waals surface area contributed by atoms with E-state index in [9.17, 15) is 9.18 Å². The summed E-state index contributed by atoms with van der Waals surface area (Å²) in [6, 6.07) is 13.2. The van der Waals surface area contributed by atoms with E-state index in [4.69, 9.17) is 4.74 Å². The van der Waals surface area contributed by atoms with Crippen LogP contribution in [0, 0.1) is 5.82 Å². The number of rotatable bonds is 2. The van der Waals surface area contributed by atoms with Gasteiger partial charge in [-0.2, -0.15) is 0 Å². The molecule has 0 atom stereocenters. The normalized spacial score (nSPS) is 10.7. The molecular weight excluding hydrogens is 257 g/mol. The molecule has 4 heteroatoms. The zero-order valence-corrected chi connectivity index (χ0v) is 10.8. The molecule has 100 valence electrons. The summed E-state index contributed by atoms with van der Waals surface area (Å²) in [5.74, 6) is 0.268. The Bertz CT molecular complexity index is 839.